The number of terminal acetylenes is 1. The minimum Gasteiger partial charge on any atom is -0.377 e. The van der Waals surface area contributed by atoms with Crippen LogP contribution in [0.2, 0.25) is 5.02 Å². The number of anilines is 1. The van der Waals surface area contributed by atoms with Crippen molar-refractivity contribution in [3.8, 4) is 23.5 Å². The zero-order chi connectivity index (χ0) is 57.7. The van der Waals surface area contributed by atoms with Gasteiger partial charge in [-0.25, -0.2) is 4.98 Å². The molecule has 3 heterocycles. The molecular formula is C64H82ClN5O9S. The van der Waals surface area contributed by atoms with Gasteiger partial charge in [0.25, 0.3) is 11.8 Å². The number of aryl methyl sites for hydroxylation is 1. The Kier molecular flexibility index (Phi) is 28.7. The van der Waals surface area contributed by atoms with Crippen LogP contribution in [0.3, 0.4) is 0 Å². The van der Waals surface area contributed by atoms with Crippen LogP contribution in [0.4, 0.5) is 5.69 Å². The zero-order valence-corrected chi connectivity index (χ0v) is 49.3. The fraction of sp³-hybridized carbons (Fsp3) is 0.453. The van der Waals surface area contributed by atoms with Gasteiger partial charge in [-0.2, -0.15) is 0 Å². The van der Waals surface area contributed by atoms with Gasteiger partial charge >= 0.3 is 0 Å². The van der Waals surface area contributed by atoms with Gasteiger partial charge in [0.1, 0.15) is 5.01 Å². The maximum atomic E-state index is 13.6. The summed E-state index contributed by atoms with van der Waals surface area (Å²) in [5.74, 6) is 2.40. The minimum atomic E-state index is -0.406. The predicted molar refractivity (Wildman–Crippen MR) is 321 cm³/mol. The molecular weight excluding hydrogens is 1050 g/mol. The van der Waals surface area contributed by atoms with E-state index < -0.39 is 5.92 Å². The van der Waals surface area contributed by atoms with Crippen LogP contribution in [0.15, 0.2) is 114 Å². The molecule has 14 nitrogen and oxygen atoms in total. The number of benzene rings is 4. The summed E-state index contributed by atoms with van der Waals surface area (Å²) < 4.78 is 28.0. The molecule has 16 heteroatoms. The average Bonchev–Trinajstić information content (AvgIpc) is 4.08. The number of ether oxygens (including phenoxy) is 5. The lowest BCUT2D eigenvalue weighted by Gasteiger charge is -2.40. The van der Waals surface area contributed by atoms with E-state index in [-0.39, 0.29) is 47.7 Å². The monoisotopic (exact) mass is 1130 g/mol. The number of halogens is 1. The van der Waals surface area contributed by atoms with Crippen LogP contribution in [0.1, 0.15) is 105 Å². The van der Waals surface area contributed by atoms with Gasteiger partial charge in [0.05, 0.1) is 77.6 Å². The first-order chi connectivity index (χ1) is 38.7. The number of fused-ring (bicyclic) bond motifs is 1. The van der Waals surface area contributed by atoms with Gasteiger partial charge in [-0.15, -0.1) is 17.8 Å². The summed E-state index contributed by atoms with van der Waals surface area (Å²) in [5, 5.41) is 9.16. The Morgan fingerprint density at radius 1 is 0.775 bits per heavy atom. The first kappa shape index (κ1) is 64.6. The third-order valence-electron chi connectivity index (χ3n) is 13.4. The molecule has 4 atom stereocenters. The molecule has 0 spiro atoms. The van der Waals surface area contributed by atoms with Gasteiger partial charge in [-0.3, -0.25) is 19.2 Å². The van der Waals surface area contributed by atoms with Gasteiger partial charge in [-0.05, 0) is 103 Å². The molecule has 0 radical (unpaired) electrons. The normalized spacial score (nSPS) is 16.8. The standard InChI is InChI=1S/C54H67N5O9S.C7H7Cl.C3H8/c1-6-41(35-51-55-20-31-69-51)54(63)58-36-46(42-10-8-7-9-11-42)33-47(37-58)53(62)57-19-22-65-24-26-67-28-30-68-29-27-66-25-23-64-21-18-56-52(61)44-14-12-43(13-15-44)45-16-17-50-49(34-45)48(38(2)3)32-39(4)59(50)40(5)60;1-6-2-4-7(8)5-3-6;1-3-2/h1,7-17,20,31,34-35,38-39,46-48H,18-19,21-30,32-33,36-37H2,2-5H3,(H,56,61)(H,57,62);2-5H,1H3;3H2,1-2H3/b41-35+;;. The molecule has 430 valence electrons. The largest absolute Gasteiger partial charge is 0.377 e. The second kappa shape index (κ2) is 35.5. The maximum absolute atomic E-state index is 13.6. The second-order valence-corrected chi connectivity index (χ2v) is 21.5. The lowest BCUT2D eigenvalue weighted by Crippen LogP contribution is -2.48. The number of carbonyl (C=O) groups excluding carboxylic acids is 4. The number of hydrogen-bond acceptors (Lipinski definition) is 11. The van der Waals surface area contributed by atoms with Crippen molar-refractivity contribution in [2.24, 2.45) is 11.8 Å². The number of thiazole rings is 1. The van der Waals surface area contributed by atoms with Gasteiger partial charge in [0.2, 0.25) is 11.8 Å². The lowest BCUT2D eigenvalue weighted by molar-refractivity contribution is -0.133. The highest BCUT2D eigenvalue weighted by Gasteiger charge is 2.36. The molecule has 80 heavy (non-hydrogen) atoms. The van der Waals surface area contributed by atoms with Crippen LogP contribution < -0.4 is 15.5 Å². The van der Waals surface area contributed by atoms with E-state index in [2.05, 4.69) is 74.4 Å². The number of aromatic nitrogens is 1. The number of likely N-dealkylation sites (tertiary alicyclic amines) is 1. The third-order valence-corrected chi connectivity index (χ3v) is 14.4. The SMILES string of the molecule is C#C/C(=C\c1nccs1)C(=O)N1CC(C(=O)NCCOCCOCCOCCOCCOCCNC(=O)c2ccc(-c3ccc4c(c3)C(C(C)C)CC(C)N4C(C)=O)cc2)CC(c2ccccc2)C1.CCC.Cc1ccc(Cl)cc1. The molecule has 2 N–H and O–H groups in total. The van der Waals surface area contributed by atoms with Gasteiger partial charge in [-0.1, -0.05) is 118 Å². The Balaban J connectivity index is 0.000000961. The highest BCUT2D eigenvalue weighted by atomic mass is 35.5. The van der Waals surface area contributed by atoms with Crippen LogP contribution in [-0.2, 0) is 38.1 Å². The van der Waals surface area contributed by atoms with Gasteiger partial charge in [0.15, 0.2) is 0 Å². The number of nitrogens with zero attached hydrogens (tertiary/aromatic N) is 3. The van der Waals surface area contributed by atoms with Gasteiger partial charge < -0.3 is 44.1 Å². The van der Waals surface area contributed by atoms with Crippen molar-refractivity contribution in [3.05, 3.63) is 146 Å². The van der Waals surface area contributed by atoms with Crippen molar-refractivity contribution in [1.82, 2.24) is 20.5 Å². The van der Waals surface area contributed by atoms with E-state index in [4.69, 9.17) is 41.7 Å². The van der Waals surface area contributed by atoms with E-state index in [9.17, 15) is 19.2 Å². The van der Waals surface area contributed by atoms with E-state index in [0.717, 1.165) is 33.8 Å². The van der Waals surface area contributed by atoms with E-state index in [0.29, 0.717) is 115 Å². The number of amides is 4. The summed E-state index contributed by atoms with van der Waals surface area (Å²) in [5.41, 5.74) is 7.38. The van der Waals surface area contributed by atoms with E-state index in [1.807, 2.05) is 96.1 Å². The fourth-order valence-electron chi connectivity index (χ4n) is 9.44. The molecule has 2 aliphatic rings. The Bertz CT molecular complexity index is 2690. The van der Waals surface area contributed by atoms with Crippen LogP contribution in [0.5, 0.6) is 0 Å². The molecule has 2 aliphatic heterocycles. The summed E-state index contributed by atoms with van der Waals surface area (Å²) in [6.45, 7) is 19.9. The minimum absolute atomic E-state index is 0.0139. The molecule has 1 saturated heterocycles. The Morgan fingerprint density at radius 2 is 1.35 bits per heavy atom. The summed E-state index contributed by atoms with van der Waals surface area (Å²) in [7, 11) is 0. The van der Waals surface area contributed by atoms with Gasteiger partial charge in [0, 0.05) is 72.9 Å². The number of hydrogen-bond donors (Lipinski definition) is 2. The average molecular weight is 1130 g/mol. The molecule has 0 saturated carbocycles. The van der Waals surface area contributed by atoms with E-state index in [1.165, 1.54) is 28.9 Å². The first-order valence-corrected chi connectivity index (χ1v) is 29.1. The Labute approximate surface area is 483 Å². The summed E-state index contributed by atoms with van der Waals surface area (Å²) in [6.07, 6.45) is 11.8. The summed E-state index contributed by atoms with van der Waals surface area (Å²) in [4.78, 5) is 60.0. The highest BCUT2D eigenvalue weighted by molar-refractivity contribution is 7.10. The molecule has 5 aromatic rings. The lowest BCUT2D eigenvalue weighted by atomic mass is 9.78. The van der Waals surface area contributed by atoms with Crippen molar-refractivity contribution >= 4 is 58.3 Å². The quantitative estimate of drug-likeness (QED) is 0.0327. The number of rotatable bonds is 25. The molecule has 7 rings (SSSR count). The van der Waals surface area contributed by atoms with E-state index in [1.54, 1.807) is 24.1 Å². The molecule has 4 unspecified atom stereocenters. The molecule has 0 aliphatic carbocycles. The Morgan fingerprint density at radius 3 is 1.89 bits per heavy atom. The smallest absolute Gasteiger partial charge is 0.262 e. The highest BCUT2D eigenvalue weighted by Crippen LogP contribution is 2.44. The van der Waals surface area contributed by atoms with Crippen molar-refractivity contribution in [2.45, 2.75) is 85.6 Å². The van der Waals surface area contributed by atoms with Crippen molar-refractivity contribution in [3.63, 3.8) is 0 Å². The third kappa shape index (κ3) is 21.4. The van der Waals surface area contributed by atoms with Crippen molar-refractivity contribution in [2.75, 3.05) is 97.1 Å². The fourth-order valence-corrected chi connectivity index (χ4v) is 10.1. The molecule has 1 fully saturated rings. The number of carbonyl (C=O) groups is 4. The predicted octanol–water partition coefficient (Wildman–Crippen LogP) is 11.0. The molecule has 1 aromatic heterocycles. The zero-order valence-electron chi connectivity index (χ0n) is 47.8. The van der Waals surface area contributed by atoms with Crippen LogP contribution in [-0.4, -0.2) is 132 Å². The summed E-state index contributed by atoms with van der Waals surface area (Å²) >= 11 is 7.01. The molecule has 4 aromatic carbocycles. The summed E-state index contributed by atoms with van der Waals surface area (Å²) in [6, 6.07) is 31.7. The first-order valence-electron chi connectivity index (χ1n) is 27.9. The van der Waals surface area contributed by atoms with Crippen LogP contribution in [0.25, 0.3) is 17.2 Å². The van der Waals surface area contributed by atoms with Crippen molar-refractivity contribution in [1.29, 1.82) is 0 Å². The van der Waals surface area contributed by atoms with Crippen LogP contribution >= 0.6 is 22.9 Å². The topological polar surface area (TPSA) is 158 Å². The van der Waals surface area contributed by atoms with Crippen molar-refractivity contribution < 1.29 is 42.9 Å². The molecule has 4 amide bonds. The Hall–Kier alpha value is -6.22. The number of nitrogens with one attached hydrogen (secondary N) is 2. The molecule has 0 bridgehead atoms. The van der Waals surface area contributed by atoms with E-state index >= 15 is 0 Å². The maximum Gasteiger partial charge on any atom is 0.262 e. The number of piperidine rings is 1. The second-order valence-electron chi connectivity index (χ2n) is 20.1. The van der Waals surface area contributed by atoms with Crippen LogP contribution in [0, 0.1) is 31.1 Å².